The summed E-state index contributed by atoms with van der Waals surface area (Å²) in [5.41, 5.74) is -7.16. The lowest BCUT2D eigenvalue weighted by Crippen LogP contribution is -2.84. The molecule has 3 heterocycles. The van der Waals surface area contributed by atoms with Crippen molar-refractivity contribution in [2.45, 2.75) is 36.5 Å². The molecule has 0 aromatic rings. The zero-order valence-corrected chi connectivity index (χ0v) is 14.5. The van der Waals surface area contributed by atoms with Gasteiger partial charge in [0.1, 0.15) is 21.5 Å². The molecular formula is C13H22N2O9S. The quantitative estimate of drug-likeness (QED) is 0.274. The predicted octanol–water partition coefficient (Wildman–Crippen LogP) is -4.20. The summed E-state index contributed by atoms with van der Waals surface area (Å²) in [5, 5.41) is 44.2. The van der Waals surface area contributed by atoms with Gasteiger partial charge in [-0.25, -0.2) is 8.42 Å². The summed E-state index contributed by atoms with van der Waals surface area (Å²) >= 11 is 0. The van der Waals surface area contributed by atoms with Crippen LogP contribution in [0.3, 0.4) is 0 Å². The Balaban J connectivity index is 2.44. The fraction of sp³-hybridized carbons (Fsp3) is 0.846. The van der Waals surface area contributed by atoms with Gasteiger partial charge in [-0.15, -0.1) is 0 Å². The van der Waals surface area contributed by atoms with E-state index in [1.807, 2.05) is 10.6 Å². The Morgan fingerprint density at radius 2 is 1.96 bits per heavy atom. The van der Waals surface area contributed by atoms with Crippen molar-refractivity contribution in [2.75, 3.05) is 25.2 Å². The number of aliphatic hydroxyl groups is 4. The molecule has 11 nitrogen and oxygen atoms in total. The molecule has 0 aromatic carbocycles. The summed E-state index contributed by atoms with van der Waals surface area (Å²) < 4.78 is 28.4. The van der Waals surface area contributed by atoms with E-state index in [2.05, 4.69) is 0 Å². The zero-order chi connectivity index (χ0) is 19.3. The van der Waals surface area contributed by atoms with Crippen molar-refractivity contribution in [1.82, 2.24) is 10.6 Å². The molecular weight excluding hydrogens is 360 g/mol. The van der Waals surface area contributed by atoms with Crippen LogP contribution < -0.4 is 10.6 Å². The number of carbonyl (C=O) groups is 2. The topological polar surface area (TPSA) is 182 Å². The van der Waals surface area contributed by atoms with Crippen LogP contribution in [0.2, 0.25) is 0 Å². The molecule has 0 aromatic heterocycles. The lowest BCUT2D eigenvalue weighted by atomic mass is 9.83. The first-order chi connectivity index (χ1) is 11.3. The van der Waals surface area contributed by atoms with Gasteiger partial charge >= 0.3 is 0 Å². The average molecular weight is 382 g/mol. The van der Waals surface area contributed by atoms with Gasteiger partial charge in [-0.3, -0.25) is 9.59 Å². The average Bonchev–Trinajstić information content (AvgIpc) is 2.48. The minimum absolute atomic E-state index is 0.118. The standard InChI is InChI=1S/C13H22N2O9S/c1-11(20,6-16)8(17)13-10(19)14-12(21,9(18)15-13)7(3-4-24-13)5-25(2,22)23/h7-8,16-17,20-21H,3-6H2,1-2H3,(H,14,19)(H,15,18)/t7?,8-,11-,12+,13-/m0/s1. The van der Waals surface area contributed by atoms with E-state index < -0.39 is 63.1 Å². The minimum Gasteiger partial charge on any atom is -0.393 e. The van der Waals surface area contributed by atoms with Crippen molar-refractivity contribution >= 4 is 21.7 Å². The Hall–Kier alpha value is -1.31. The first-order valence-electron chi connectivity index (χ1n) is 7.49. The fourth-order valence-corrected chi connectivity index (χ4v) is 4.11. The maximum atomic E-state index is 12.5. The van der Waals surface area contributed by atoms with Gasteiger partial charge in [-0.2, -0.15) is 0 Å². The summed E-state index contributed by atoms with van der Waals surface area (Å²) in [7, 11) is -3.58. The molecule has 2 bridgehead atoms. The van der Waals surface area contributed by atoms with Crippen molar-refractivity contribution < 1.29 is 43.2 Å². The van der Waals surface area contributed by atoms with E-state index in [9.17, 15) is 38.4 Å². The lowest BCUT2D eigenvalue weighted by molar-refractivity contribution is -0.240. The second kappa shape index (κ2) is 6.14. The number of sulfone groups is 1. The van der Waals surface area contributed by atoms with Gasteiger partial charge in [0.15, 0.2) is 0 Å². The van der Waals surface area contributed by atoms with E-state index in [-0.39, 0.29) is 13.0 Å². The molecule has 3 rings (SSSR count). The molecule has 0 radical (unpaired) electrons. The molecule has 1 unspecified atom stereocenters. The van der Waals surface area contributed by atoms with Crippen LogP contribution in [0, 0.1) is 5.92 Å². The summed E-state index contributed by atoms with van der Waals surface area (Å²) in [6.07, 6.45) is -1.26. The number of aliphatic hydroxyl groups excluding tert-OH is 2. The van der Waals surface area contributed by atoms with Crippen LogP contribution in [0.15, 0.2) is 0 Å². The molecule has 3 saturated heterocycles. The fourth-order valence-electron chi connectivity index (χ4n) is 2.97. The Morgan fingerprint density at radius 3 is 2.48 bits per heavy atom. The summed E-state index contributed by atoms with van der Waals surface area (Å²) in [4.78, 5) is 24.9. The van der Waals surface area contributed by atoms with Gasteiger partial charge in [-0.1, -0.05) is 0 Å². The molecule has 3 aliphatic rings. The van der Waals surface area contributed by atoms with Gasteiger partial charge in [0.2, 0.25) is 5.72 Å². The third-order valence-electron chi connectivity index (χ3n) is 4.47. The zero-order valence-electron chi connectivity index (χ0n) is 13.7. The Kier molecular flexibility index (Phi) is 4.92. The first-order valence-corrected chi connectivity index (χ1v) is 9.55. The van der Waals surface area contributed by atoms with Crippen LogP contribution in [0.5, 0.6) is 0 Å². The highest BCUT2D eigenvalue weighted by atomic mass is 32.2. The number of ether oxygens (including phenoxy) is 1. The normalized spacial score (nSPS) is 36.6. The number of fused-ring (bicyclic) bond motifs is 5. The van der Waals surface area contributed by atoms with Gasteiger partial charge in [0.05, 0.1) is 19.0 Å². The third kappa shape index (κ3) is 3.37. The number of piperazine rings is 1. The highest BCUT2D eigenvalue weighted by Gasteiger charge is 2.64. The van der Waals surface area contributed by atoms with Gasteiger partial charge in [-0.05, 0) is 13.3 Å². The van der Waals surface area contributed by atoms with Crippen molar-refractivity contribution in [2.24, 2.45) is 5.92 Å². The van der Waals surface area contributed by atoms with Gasteiger partial charge in [0.25, 0.3) is 17.5 Å². The predicted molar refractivity (Wildman–Crippen MR) is 81.5 cm³/mol. The Bertz CT molecular complexity index is 679. The number of rotatable bonds is 5. The molecule has 3 fully saturated rings. The second-order valence-electron chi connectivity index (χ2n) is 6.75. The highest BCUT2D eigenvalue weighted by molar-refractivity contribution is 7.90. The van der Waals surface area contributed by atoms with Crippen molar-refractivity contribution in [1.29, 1.82) is 0 Å². The number of nitrogens with one attached hydrogen (secondary N) is 2. The second-order valence-corrected chi connectivity index (χ2v) is 8.94. The van der Waals surface area contributed by atoms with Gasteiger partial charge < -0.3 is 35.8 Å². The van der Waals surface area contributed by atoms with Crippen molar-refractivity contribution in [3.05, 3.63) is 0 Å². The van der Waals surface area contributed by atoms with Gasteiger partial charge in [0, 0.05) is 12.2 Å². The maximum absolute atomic E-state index is 12.5. The SMILES string of the molecule is C[C@](O)(CO)[C@H](O)[C@@]12NC(=O)[C@@](O)(NC1=O)C(CS(C)(=O)=O)CCO2. The van der Waals surface area contributed by atoms with Crippen LogP contribution >= 0.6 is 0 Å². The third-order valence-corrected chi connectivity index (χ3v) is 5.48. The molecule has 25 heavy (non-hydrogen) atoms. The van der Waals surface area contributed by atoms with Crippen LogP contribution in [0.4, 0.5) is 0 Å². The number of hydrogen-bond donors (Lipinski definition) is 6. The maximum Gasteiger partial charge on any atom is 0.278 e. The summed E-state index contributed by atoms with van der Waals surface area (Å²) in [6, 6.07) is 0. The highest BCUT2D eigenvalue weighted by Crippen LogP contribution is 2.34. The molecule has 12 heteroatoms. The molecule has 6 N–H and O–H groups in total. The molecule has 5 atom stereocenters. The Morgan fingerprint density at radius 1 is 1.36 bits per heavy atom. The van der Waals surface area contributed by atoms with E-state index in [0.717, 1.165) is 13.2 Å². The summed E-state index contributed by atoms with van der Waals surface area (Å²) in [6.45, 7) is -0.209. The molecule has 0 spiro atoms. The number of carbonyl (C=O) groups excluding carboxylic acids is 2. The largest absolute Gasteiger partial charge is 0.393 e. The molecule has 3 aliphatic heterocycles. The van der Waals surface area contributed by atoms with Crippen LogP contribution in [0.25, 0.3) is 0 Å². The number of hydrogen-bond acceptors (Lipinski definition) is 9. The van der Waals surface area contributed by atoms with Crippen molar-refractivity contribution in [3.63, 3.8) is 0 Å². The minimum atomic E-state index is -3.58. The lowest BCUT2D eigenvalue weighted by Gasteiger charge is -2.51. The van der Waals surface area contributed by atoms with Crippen LogP contribution in [-0.4, -0.2) is 89.0 Å². The Labute approximate surface area is 143 Å². The number of amides is 2. The van der Waals surface area contributed by atoms with Crippen LogP contribution in [0.1, 0.15) is 13.3 Å². The van der Waals surface area contributed by atoms with E-state index in [4.69, 9.17) is 4.74 Å². The van der Waals surface area contributed by atoms with E-state index in [1.165, 1.54) is 0 Å². The molecule has 0 saturated carbocycles. The van der Waals surface area contributed by atoms with E-state index >= 15 is 0 Å². The van der Waals surface area contributed by atoms with E-state index in [0.29, 0.717) is 0 Å². The first kappa shape index (κ1) is 20.0. The molecule has 144 valence electrons. The monoisotopic (exact) mass is 382 g/mol. The van der Waals surface area contributed by atoms with Crippen molar-refractivity contribution in [3.8, 4) is 0 Å². The molecule has 0 aliphatic carbocycles. The smallest absolute Gasteiger partial charge is 0.278 e. The van der Waals surface area contributed by atoms with Crippen LogP contribution in [-0.2, 0) is 24.2 Å². The summed E-state index contributed by atoms with van der Waals surface area (Å²) in [5.74, 6) is -4.12. The molecule has 2 amide bonds. The van der Waals surface area contributed by atoms with E-state index in [1.54, 1.807) is 0 Å².